The van der Waals surface area contributed by atoms with Gasteiger partial charge < -0.3 is 9.88 Å². The molecule has 5 heteroatoms. The van der Waals surface area contributed by atoms with Crippen molar-refractivity contribution in [2.75, 3.05) is 26.2 Å². The number of aromatic nitrogens is 3. The van der Waals surface area contributed by atoms with Gasteiger partial charge in [-0.15, -0.1) is 0 Å². The molecular weight excluding hydrogens is 298 g/mol. The van der Waals surface area contributed by atoms with Gasteiger partial charge in [-0.3, -0.25) is 9.88 Å². The lowest BCUT2D eigenvalue weighted by Crippen LogP contribution is -2.46. The fraction of sp³-hybridized carbons (Fsp3) is 0.368. The molecule has 2 aromatic heterocycles. The lowest BCUT2D eigenvalue weighted by Gasteiger charge is -2.35. The molecule has 0 saturated carbocycles. The van der Waals surface area contributed by atoms with Crippen LogP contribution >= 0.6 is 0 Å². The zero-order valence-electron chi connectivity index (χ0n) is 14.0. The van der Waals surface area contributed by atoms with Crippen molar-refractivity contribution < 1.29 is 0 Å². The Morgan fingerprint density at radius 1 is 1.08 bits per heavy atom. The van der Waals surface area contributed by atoms with Crippen LogP contribution in [-0.4, -0.2) is 45.6 Å². The molecular formula is C19H23N5. The first-order chi connectivity index (χ1) is 11.9. The second-order valence-electron chi connectivity index (χ2n) is 6.17. The fourth-order valence-electron chi connectivity index (χ4n) is 3.64. The van der Waals surface area contributed by atoms with Crippen LogP contribution < -0.4 is 5.32 Å². The van der Waals surface area contributed by atoms with E-state index in [9.17, 15) is 0 Å². The second-order valence-corrected chi connectivity index (χ2v) is 6.17. The molecule has 0 amide bonds. The molecule has 1 fully saturated rings. The van der Waals surface area contributed by atoms with Gasteiger partial charge >= 0.3 is 0 Å². The predicted octanol–water partition coefficient (Wildman–Crippen LogP) is 2.45. The highest BCUT2D eigenvalue weighted by molar-refractivity contribution is 5.76. The summed E-state index contributed by atoms with van der Waals surface area (Å²) in [6.45, 7) is 7.21. The van der Waals surface area contributed by atoms with Crippen molar-refractivity contribution in [3.63, 3.8) is 0 Å². The molecule has 5 nitrogen and oxygen atoms in total. The van der Waals surface area contributed by atoms with Gasteiger partial charge in [0.05, 0.1) is 17.1 Å². The molecule has 1 aliphatic heterocycles. The third kappa shape index (κ3) is 2.70. The van der Waals surface area contributed by atoms with E-state index >= 15 is 0 Å². The van der Waals surface area contributed by atoms with Gasteiger partial charge in [0.15, 0.2) is 0 Å². The number of hydrogen-bond acceptors (Lipinski definition) is 4. The summed E-state index contributed by atoms with van der Waals surface area (Å²) in [7, 11) is 0. The molecule has 1 saturated heterocycles. The zero-order valence-corrected chi connectivity index (χ0v) is 14.0. The smallest absolute Gasteiger partial charge is 0.131 e. The van der Waals surface area contributed by atoms with Gasteiger partial charge in [0.25, 0.3) is 0 Å². The minimum atomic E-state index is 0.169. The zero-order chi connectivity index (χ0) is 16.4. The monoisotopic (exact) mass is 321 g/mol. The molecule has 0 bridgehead atoms. The molecule has 3 heterocycles. The van der Waals surface area contributed by atoms with Crippen LogP contribution in [0.4, 0.5) is 0 Å². The Hall–Kier alpha value is -2.24. The van der Waals surface area contributed by atoms with E-state index in [-0.39, 0.29) is 6.04 Å². The van der Waals surface area contributed by atoms with Crippen molar-refractivity contribution in [1.82, 2.24) is 24.8 Å². The molecule has 0 aliphatic carbocycles. The van der Waals surface area contributed by atoms with Crippen LogP contribution in [0.5, 0.6) is 0 Å². The van der Waals surface area contributed by atoms with Crippen LogP contribution in [0, 0.1) is 0 Å². The van der Waals surface area contributed by atoms with E-state index in [2.05, 4.69) is 63.1 Å². The topological polar surface area (TPSA) is 46.0 Å². The molecule has 3 aromatic rings. The summed E-state index contributed by atoms with van der Waals surface area (Å²) in [5.41, 5.74) is 3.55. The van der Waals surface area contributed by atoms with E-state index in [1.807, 2.05) is 12.4 Å². The Morgan fingerprint density at radius 3 is 2.58 bits per heavy atom. The minimum absolute atomic E-state index is 0.169. The quantitative estimate of drug-likeness (QED) is 0.802. The molecule has 1 aromatic carbocycles. The summed E-state index contributed by atoms with van der Waals surface area (Å²) in [5.74, 6) is 1.13. The van der Waals surface area contributed by atoms with Crippen molar-refractivity contribution in [1.29, 1.82) is 0 Å². The Labute approximate surface area is 142 Å². The second kappa shape index (κ2) is 6.71. The number of para-hydroxylation sites is 2. The number of piperazine rings is 1. The average molecular weight is 321 g/mol. The first kappa shape index (κ1) is 15.3. The summed E-state index contributed by atoms with van der Waals surface area (Å²) in [6, 6.07) is 12.8. The predicted molar refractivity (Wildman–Crippen MR) is 95.9 cm³/mol. The van der Waals surface area contributed by atoms with Crippen molar-refractivity contribution in [2.24, 2.45) is 0 Å². The number of nitrogens with one attached hydrogen (secondary N) is 1. The maximum Gasteiger partial charge on any atom is 0.131 e. The van der Waals surface area contributed by atoms with E-state index in [0.717, 1.165) is 44.1 Å². The highest BCUT2D eigenvalue weighted by Gasteiger charge is 2.28. The summed E-state index contributed by atoms with van der Waals surface area (Å²) in [6.07, 6.45) is 3.76. The molecule has 0 radical (unpaired) electrons. The number of benzene rings is 1. The van der Waals surface area contributed by atoms with E-state index < -0.39 is 0 Å². The fourth-order valence-corrected chi connectivity index (χ4v) is 3.64. The SMILES string of the molecule is CCn1c(C(c2ccncc2)N2CCNCC2)nc2ccccc21. The summed E-state index contributed by atoms with van der Waals surface area (Å²) >= 11 is 0. The number of fused-ring (bicyclic) bond motifs is 1. The number of aryl methyl sites for hydroxylation is 1. The van der Waals surface area contributed by atoms with Gasteiger partial charge in [0, 0.05) is 45.1 Å². The van der Waals surface area contributed by atoms with Crippen LogP contribution in [0.2, 0.25) is 0 Å². The number of rotatable bonds is 4. The molecule has 1 aliphatic rings. The van der Waals surface area contributed by atoms with Crippen molar-refractivity contribution in [2.45, 2.75) is 19.5 Å². The Kier molecular flexibility index (Phi) is 4.28. The molecule has 4 rings (SSSR count). The van der Waals surface area contributed by atoms with Crippen LogP contribution in [0.15, 0.2) is 48.8 Å². The van der Waals surface area contributed by atoms with E-state index in [1.54, 1.807) is 0 Å². The van der Waals surface area contributed by atoms with E-state index in [4.69, 9.17) is 4.98 Å². The van der Waals surface area contributed by atoms with E-state index in [1.165, 1.54) is 11.1 Å². The Balaban J connectivity index is 1.87. The highest BCUT2D eigenvalue weighted by atomic mass is 15.2. The average Bonchev–Trinajstić information content (AvgIpc) is 3.02. The van der Waals surface area contributed by atoms with Gasteiger partial charge in [-0.05, 0) is 36.8 Å². The number of pyridine rings is 1. The van der Waals surface area contributed by atoms with Gasteiger partial charge in [-0.25, -0.2) is 4.98 Å². The lowest BCUT2D eigenvalue weighted by atomic mass is 10.0. The molecule has 0 spiro atoms. The Morgan fingerprint density at radius 2 is 1.83 bits per heavy atom. The van der Waals surface area contributed by atoms with E-state index in [0.29, 0.717) is 0 Å². The normalized spacial score (nSPS) is 17.2. The molecule has 1 unspecified atom stereocenters. The van der Waals surface area contributed by atoms with Crippen molar-refractivity contribution in [3.8, 4) is 0 Å². The first-order valence-corrected chi connectivity index (χ1v) is 8.68. The van der Waals surface area contributed by atoms with Crippen molar-refractivity contribution in [3.05, 3.63) is 60.2 Å². The van der Waals surface area contributed by atoms with Crippen LogP contribution in [0.25, 0.3) is 11.0 Å². The minimum Gasteiger partial charge on any atom is -0.327 e. The van der Waals surface area contributed by atoms with Crippen LogP contribution in [0.3, 0.4) is 0 Å². The Bertz CT molecular complexity index is 805. The van der Waals surface area contributed by atoms with Crippen LogP contribution in [0.1, 0.15) is 24.4 Å². The summed E-state index contributed by atoms with van der Waals surface area (Å²) in [4.78, 5) is 11.7. The highest BCUT2D eigenvalue weighted by Crippen LogP contribution is 2.30. The summed E-state index contributed by atoms with van der Waals surface area (Å²) in [5, 5.41) is 3.45. The third-order valence-corrected chi connectivity index (χ3v) is 4.78. The standard InChI is InChI=1S/C19H23N5/c1-2-24-17-6-4-3-5-16(17)22-19(24)18(15-7-9-20-10-8-15)23-13-11-21-12-14-23/h3-10,18,21H,2,11-14H2,1H3. The lowest BCUT2D eigenvalue weighted by molar-refractivity contribution is 0.189. The largest absolute Gasteiger partial charge is 0.327 e. The molecule has 1 atom stereocenters. The number of nitrogens with zero attached hydrogens (tertiary/aromatic N) is 4. The molecule has 24 heavy (non-hydrogen) atoms. The maximum atomic E-state index is 5.02. The number of imidazole rings is 1. The molecule has 1 N–H and O–H groups in total. The third-order valence-electron chi connectivity index (χ3n) is 4.78. The first-order valence-electron chi connectivity index (χ1n) is 8.68. The van der Waals surface area contributed by atoms with Gasteiger partial charge in [0.1, 0.15) is 5.82 Å². The summed E-state index contributed by atoms with van der Waals surface area (Å²) < 4.78 is 2.35. The molecule has 124 valence electrons. The van der Waals surface area contributed by atoms with Gasteiger partial charge in [0.2, 0.25) is 0 Å². The van der Waals surface area contributed by atoms with Gasteiger partial charge in [-0.1, -0.05) is 12.1 Å². The van der Waals surface area contributed by atoms with Gasteiger partial charge in [-0.2, -0.15) is 0 Å². The maximum absolute atomic E-state index is 5.02. The van der Waals surface area contributed by atoms with Crippen molar-refractivity contribution >= 4 is 11.0 Å². The number of hydrogen-bond donors (Lipinski definition) is 1. The van der Waals surface area contributed by atoms with Crippen LogP contribution in [-0.2, 0) is 6.54 Å².